The quantitative estimate of drug-likeness (QED) is 0.844. The average molecular weight is 307 g/mol. The number of hydrogen-bond donors (Lipinski definition) is 1. The van der Waals surface area contributed by atoms with Gasteiger partial charge in [0.25, 0.3) is 0 Å². The summed E-state index contributed by atoms with van der Waals surface area (Å²) in [5.41, 5.74) is 0.826. The Morgan fingerprint density at radius 1 is 1.41 bits per heavy atom. The highest BCUT2D eigenvalue weighted by Gasteiger charge is 2.21. The Kier molecular flexibility index (Phi) is 5.77. The van der Waals surface area contributed by atoms with Crippen molar-refractivity contribution in [2.45, 2.75) is 6.54 Å². The number of carbonyl (C=O) groups excluding carboxylic acids is 1. The number of halogens is 1. The predicted molar refractivity (Wildman–Crippen MR) is 83.4 cm³/mol. The number of hydrogen-bond acceptors (Lipinski definition) is 3. The molecule has 6 heteroatoms. The van der Waals surface area contributed by atoms with E-state index in [4.69, 9.17) is 4.74 Å². The van der Waals surface area contributed by atoms with Gasteiger partial charge in [0.15, 0.2) is 0 Å². The van der Waals surface area contributed by atoms with E-state index in [2.05, 4.69) is 16.8 Å². The zero-order valence-corrected chi connectivity index (χ0v) is 12.8. The molecule has 1 heterocycles. The molecule has 1 aliphatic rings. The monoisotopic (exact) mass is 307 g/mol. The first-order valence-corrected chi connectivity index (χ1v) is 7.32. The first kappa shape index (κ1) is 16.3. The third-order valence-electron chi connectivity index (χ3n) is 3.69. The van der Waals surface area contributed by atoms with E-state index in [1.807, 2.05) is 0 Å². The van der Waals surface area contributed by atoms with Gasteiger partial charge in [-0.3, -0.25) is 4.90 Å². The van der Waals surface area contributed by atoms with Crippen LogP contribution in [0.2, 0.25) is 0 Å². The molecule has 0 saturated carbocycles. The normalized spacial score (nSPS) is 15.5. The van der Waals surface area contributed by atoms with Gasteiger partial charge < -0.3 is 15.0 Å². The molecule has 1 N–H and O–H groups in total. The van der Waals surface area contributed by atoms with Crippen molar-refractivity contribution in [3.05, 3.63) is 42.2 Å². The summed E-state index contributed by atoms with van der Waals surface area (Å²) in [7, 11) is 1.58. The molecule has 1 fully saturated rings. The predicted octanol–water partition coefficient (Wildman–Crippen LogP) is 1.85. The molecule has 1 aliphatic heterocycles. The summed E-state index contributed by atoms with van der Waals surface area (Å²) in [5, 5.41) is 2.77. The number of nitrogens with zero attached hydrogens (tertiary/aromatic N) is 2. The lowest BCUT2D eigenvalue weighted by atomic mass is 10.1. The lowest BCUT2D eigenvalue weighted by Crippen LogP contribution is -2.51. The molecule has 0 aromatic heterocycles. The van der Waals surface area contributed by atoms with Crippen molar-refractivity contribution in [3.63, 3.8) is 0 Å². The summed E-state index contributed by atoms with van der Waals surface area (Å²) in [4.78, 5) is 15.8. The Balaban J connectivity index is 1.88. The Bertz CT molecular complexity index is 528. The maximum atomic E-state index is 13.4. The molecule has 0 spiro atoms. The first-order valence-electron chi connectivity index (χ1n) is 7.32. The fourth-order valence-corrected chi connectivity index (χ4v) is 2.49. The van der Waals surface area contributed by atoms with Gasteiger partial charge in [-0.25, -0.2) is 9.18 Å². The molecule has 0 radical (unpaired) electrons. The van der Waals surface area contributed by atoms with Gasteiger partial charge in [-0.15, -0.1) is 6.58 Å². The Labute approximate surface area is 130 Å². The van der Waals surface area contributed by atoms with E-state index in [0.29, 0.717) is 31.9 Å². The van der Waals surface area contributed by atoms with E-state index < -0.39 is 0 Å². The van der Waals surface area contributed by atoms with Gasteiger partial charge in [0.05, 0.1) is 7.11 Å². The highest BCUT2D eigenvalue weighted by molar-refractivity contribution is 5.74. The van der Waals surface area contributed by atoms with E-state index in [0.717, 1.165) is 18.7 Å². The van der Waals surface area contributed by atoms with Crippen LogP contribution in [0.4, 0.5) is 9.18 Å². The number of benzene rings is 1. The molecule has 5 nitrogen and oxygen atoms in total. The van der Waals surface area contributed by atoms with Crippen molar-refractivity contribution >= 4 is 6.03 Å². The van der Waals surface area contributed by atoms with Gasteiger partial charge >= 0.3 is 6.03 Å². The molecule has 0 bridgehead atoms. The Morgan fingerprint density at radius 3 is 2.77 bits per heavy atom. The number of methoxy groups -OCH3 is 1. The van der Waals surface area contributed by atoms with Crippen LogP contribution in [-0.4, -0.2) is 55.7 Å². The molecule has 1 aromatic carbocycles. The maximum Gasteiger partial charge on any atom is 0.317 e. The summed E-state index contributed by atoms with van der Waals surface area (Å²) in [6.07, 6.45) is 1.66. The second-order valence-electron chi connectivity index (χ2n) is 5.19. The lowest BCUT2D eigenvalue weighted by molar-refractivity contribution is 0.135. The largest absolute Gasteiger partial charge is 0.496 e. The molecule has 2 rings (SSSR count). The molecule has 1 aromatic rings. The maximum absolute atomic E-state index is 13.4. The molecule has 22 heavy (non-hydrogen) atoms. The number of carbonyl (C=O) groups is 1. The third kappa shape index (κ3) is 4.21. The van der Waals surface area contributed by atoms with Gasteiger partial charge in [-0.2, -0.15) is 0 Å². The minimum Gasteiger partial charge on any atom is -0.496 e. The first-order chi connectivity index (χ1) is 10.6. The molecule has 0 atom stereocenters. The van der Waals surface area contributed by atoms with Crippen LogP contribution in [0, 0.1) is 5.82 Å². The van der Waals surface area contributed by atoms with Crippen LogP contribution in [0.15, 0.2) is 30.9 Å². The molecule has 0 aliphatic carbocycles. The van der Waals surface area contributed by atoms with Gasteiger partial charge in [0, 0.05) is 44.8 Å². The second kappa shape index (κ2) is 7.79. The van der Waals surface area contributed by atoms with Gasteiger partial charge in [-0.05, 0) is 18.2 Å². The number of rotatable bonds is 5. The average Bonchev–Trinajstić information content (AvgIpc) is 2.53. The minimum absolute atomic E-state index is 0.0668. The molecule has 0 unspecified atom stereocenters. The lowest BCUT2D eigenvalue weighted by Gasteiger charge is -2.34. The summed E-state index contributed by atoms with van der Waals surface area (Å²) in [6, 6.07) is 4.47. The Morgan fingerprint density at radius 2 is 2.14 bits per heavy atom. The zero-order chi connectivity index (χ0) is 15.9. The Hall–Kier alpha value is -2.08. The van der Waals surface area contributed by atoms with Crippen molar-refractivity contribution in [1.29, 1.82) is 0 Å². The van der Waals surface area contributed by atoms with E-state index in [9.17, 15) is 9.18 Å². The van der Waals surface area contributed by atoms with Crippen LogP contribution in [0.5, 0.6) is 5.75 Å². The molecule has 2 amide bonds. The molecule has 1 saturated heterocycles. The smallest absolute Gasteiger partial charge is 0.317 e. The molecular weight excluding hydrogens is 285 g/mol. The van der Waals surface area contributed by atoms with Crippen LogP contribution >= 0.6 is 0 Å². The van der Waals surface area contributed by atoms with Crippen molar-refractivity contribution < 1.29 is 13.9 Å². The standard InChI is InChI=1S/C16H22FN3O2/c1-3-6-18-16(21)20-9-7-19(8-10-20)12-13-11-14(17)4-5-15(13)22-2/h3-5,11H,1,6-10,12H2,2H3,(H,18,21). The summed E-state index contributed by atoms with van der Waals surface area (Å²) in [6.45, 7) is 7.47. The van der Waals surface area contributed by atoms with Crippen LogP contribution in [-0.2, 0) is 6.54 Å². The van der Waals surface area contributed by atoms with Crippen molar-refractivity contribution in [2.24, 2.45) is 0 Å². The zero-order valence-electron chi connectivity index (χ0n) is 12.8. The second-order valence-corrected chi connectivity index (χ2v) is 5.19. The summed E-state index contributed by atoms with van der Waals surface area (Å²) >= 11 is 0. The van der Waals surface area contributed by atoms with Crippen molar-refractivity contribution in [1.82, 2.24) is 15.1 Å². The van der Waals surface area contributed by atoms with Crippen molar-refractivity contribution in [3.8, 4) is 5.75 Å². The van der Waals surface area contributed by atoms with E-state index in [1.54, 1.807) is 24.2 Å². The highest BCUT2D eigenvalue weighted by Crippen LogP contribution is 2.21. The highest BCUT2D eigenvalue weighted by atomic mass is 19.1. The number of nitrogens with one attached hydrogen (secondary N) is 1. The van der Waals surface area contributed by atoms with Gasteiger partial charge in [0.1, 0.15) is 11.6 Å². The molecular formula is C16H22FN3O2. The third-order valence-corrected chi connectivity index (χ3v) is 3.69. The SMILES string of the molecule is C=CCNC(=O)N1CCN(Cc2cc(F)ccc2OC)CC1. The number of piperazine rings is 1. The van der Waals surface area contributed by atoms with E-state index in [-0.39, 0.29) is 11.8 Å². The van der Waals surface area contributed by atoms with E-state index in [1.165, 1.54) is 12.1 Å². The topological polar surface area (TPSA) is 44.8 Å². The van der Waals surface area contributed by atoms with Crippen LogP contribution in [0.25, 0.3) is 0 Å². The van der Waals surface area contributed by atoms with Gasteiger partial charge in [-0.1, -0.05) is 6.08 Å². The van der Waals surface area contributed by atoms with Crippen LogP contribution < -0.4 is 10.1 Å². The van der Waals surface area contributed by atoms with E-state index >= 15 is 0 Å². The number of ether oxygens (including phenoxy) is 1. The van der Waals surface area contributed by atoms with Crippen LogP contribution in [0.1, 0.15) is 5.56 Å². The minimum atomic E-state index is -0.266. The van der Waals surface area contributed by atoms with Crippen molar-refractivity contribution in [2.75, 3.05) is 39.8 Å². The fraction of sp³-hybridized carbons (Fsp3) is 0.438. The van der Waals surface area contributed by atoms with Gasteiger partial charge in [0.2, 0.25) is 0 Å². The summed E-state index contributed by atoms with van der Waals surface area (Å²) in [5.74, 6) is 0.422. The fourth-order valence-electron chi connectivity index (χ4n) is 2.49. The number of urea groups is 1. The summed E-state index contributed by atoms with van der Waals surface area (Å²) < 4.78 is 18.6. The molecule has 120 valence electrons. The number of amides is 2. The van der Waals surface area contributed by atoms with Crippen LogP contribution in [0.3, 0.4) is 0 Å².